The largest absolute Gasteiger partial charge is 0.557 e. The summed E-state index contributed by atoms with van der Waals surface area (Å²) in [7, 11) is -8.54. The van der Waals surface area contributed by atoms with Crippen LogP contribution >= 0.6 is 25.0 Å². The predicted molar refractivity (Wildman–Crippen MR) is 551 cm³/mol. The highest BCUT2D eigenvalue weighted by Crippen LogP contribution is 2.61. The number of rotatable bonds is 21. The van der Waals surface area contributed by atoms with Crippen LogP contribution in [-0.2, 0) is 96.2 Å². The number of esters is 3. The van der Waals surface area contributed by atoms with Crippen LogP contribution in [0, 0.1) is 35.5 Å². The first-order valence-corrected chi connectivity index (χ1v) is 52.3. The average molecular weight is 1920 g/mol. The van der Waals surface area contributed by atoms with Gasteiger partial charge in [0.15, 0.2) is 5.60 Å². The van der Waals surface area contributed by atoms with Crippen molar-refractivity contribution in [1.82, 2.24) is 0 Å². The molecule has 8 aromatic carbocycles. The number of carbonyl (C=O) groups excluding carboxylic acids is 3. The highest BCUT2D eigenvalue weighted by Gasteiger charge is 2.53. The van der Waals surface area contributed by atoms with Crippen LogP contribution in [0.25, 0.3) is 0 Å². The molecule has 0 aromatic heterocycles. The summed E-state index contributed by atoms with van der Waals surface area (Å²) in [6.45, 7) is 87.8. The normalized spacial score (nSPS) is 20.0. The summed E-state index contributed by atoms with van der Waals surface area (Å²) in [5, 5.41) is 0. The van der Waals surface area contributed by atoms with Crippen molar-refractivity contribution >= 4 is 42.9 Å². The average Bonchev–Trinajstić information content (AvgIpc) is 1.26. The molecule has 2 fully saturated rings. The van der Waals surface area contributed by atoms with E-state index in [0.717, 1.165) is 104 Å². The molecule has 20 heteroatoms. The van der Waals surface area contributed by atoms with Crippen LogP contribution < -0.4 is 36.8 Å². The SMILES string of the molecule is CC(C)(C)CC(C)(C)c1ccc2c(c1)C(c1cc(C(C)(C)CC(C)(C)C)ccc1OP1OCC3(CO1)COP(=O)(Oc1ccc(C(C)(C)CC(C)(C)C)cc1C1C(=O)Oc4ccc(C(C)(C)CC(C)(C)C)cc41)OO3)C(=O)O2.Cc1cc(C2C(=O)Oc3c2cc(C(C)(C)C)cc3C(C)(C)C)cc(C)c1OP(Oc1ccc(C(C)(C)C)cc1C(C)(C)C)Oc1ccc(C(C)(C)C)cc1C(C)(C)C. The Kier molecular flexibility index (Phi) is 29.5. The van der Waals surface area contributed by atoms with Crippen molar-refractivity contribution in [1.29, 1.82) is 0 Å². The van der Waals surface area contributed by atoms with E-state index in [9.17, 15) is 18.9 Å². The van der Waals surface area contributed by atoms with E-state index in [2.05, 4.69) is 348 Å². The zero-order valence-electron chi connectivity index (χ0n) is 89.7. The molecular formula is C116H159O17P3. The van der Waals surface area contributed by atoms with Crippen molar-refractivity contribution in [3.8, 4) is 46.0 Å². The summed E-state index contributed by atoms with van der Waals surface area (Å²) in [6, 6.07) is 45.2. The summed E-state index contributed by atoms with van der Waals surface area (Å²) in [5.41, 5.74) is 14.4. The lowest BCUT2D eigenvalue weighted by atomic mass is 9.71. The summed E-state index contributed by atoms with van der Waals surface area (Å²) >= 11 is 0. The van der Waals surface area contributed by atoms with Crippen molar-refractivity contribution in [2.45, 2.75) is 380 Å². The molecule has 8 aromatic rings. The van der Waals surface area contributed by atoms with Crippen LogP contribution in [0.1, 0.15) is 407 Å². The van der Waals surface area contributed by atoms with Crippen molar-refractivity contribution in [3.05, 3.63) is 234 Å². The Morgan fingerprint density at radius 2 is 0.691 bits per heavy atom. The van der Waals surface area contributed by atoms with Gasteiger partial charge in [0.25, 0.3) is 0 Å². The third-order valence-corrected chi connectivity index (χ3v) is 29.6. The molecule has 740 valence electrons. The molecule has 5 heterocycles. The van der Waals surface area contributed by atoms with Crippen LogP contribution in [0.3, 0.4) is 0 Å². The summed E-state index contributed by atoms with van der Waals surface area (Å²) in [5.74, 6) is 1.09. The molecule has 5 aliphatic rings. The Bertz CT molecular complexity index is 5750. The van der Waals surface area contributed by atoms with Gasteiger partial charge in [0.05, 0.1) is 19.8 Å². The van der Waals surface area contributed by atoms with E-state index < -0.39 is 54.4 Å². The monoisotopic (exact) mass is 1920 g/mol. The van der Waals surface area contributed by atoms with E-state index in [1.54, 1.807) is 6.07 Å². The maximum Gasteiger partial charge on any atom is 0.557 e. The molecule has 13 rings (SSSR count). The minimum absolute atomic E-state index is 0.00290. The van der Waals surface area contributed by atoms with Gasteiger partial charge in [-0.2, -0.15) is 0 Å². The second kappa shape index (κ2) is 37.5. The number of carbonyl (C=O) groups is 3. The predicted octanol–water partition coefficient (Wildman–Crippen LogP) is 32.1. The lowest BCUT2D eigenvalue weighted by Crippen LogP contribution is -2.50. The molecule has 4 unspecified atom stereocenters. The van der Waals surface area contributed by atoms with Gasteiger partial charge in [-0.15, -0.1) is 4.67 Å². The fraction of sp³-hybridized carbons (Fsp3) is 0.560. The summed E-state index contributed by atoms with van der Waals surface area (Å²) in [6.07, 6.45) is 3.58. The van der Waals surface area contributed by atoms with E-state index in [0.29, 0.717) is 45.4 Å². The first kappa shape index (κ1) is 107. The van der Waals surface area contributed by atoms with Gasteiger partial charge in [0.1, 0.15) is 63.7 Å². The Labute approximate surface area is 818 Å². The fourth-order valence-corrected chi connectivity index (χ4v) is 24.3. The van der Waals surface area contributed by atoms with Crippen LogP contribution in [0.15, 0.2) is 133 Å². The van der Waals surface area contributed by atoms with Crippen LogP contribution in [0.4, 0.5) is 0 Å². The van der Waals surface area contributed by atoms with Crippen molar-refractivity contribution in [2.24, 2.45) is 21.7 Å². The maximum atomic E-state index is 14.6. The Morgan fingerprint density at radius 3 is 1.06 bits per heavy atom. The van der Waals surface area contributed by atoms with E-state index in [4.69, 9.17) is 60.0 Å². The second-order valence-electron chi connectivity index (χ2n) is 52.9. The molecule has 0 bridgehead atoms. The minimum atomic E-state index is -4.48. The van der Waals surface area contributed by atoms with Crippen LogP contribution in [0.2, 0.25) is 0 Å². The van der Waals surface area contributed by atoms with E-state index >= 15 is 0 Å². The molecule has 0 saturated carbocycles. The number of ether oxygens (including phenoxy) is 3. The molecule has 4 atom stereocenters. The van der Waals surface area contributed by atoms with Gasteiger partial charge in [-0.25, -0.2) is 9.45 Å². The van der Waals surface area contributed by atoms with Gasteiger partial charge in [0, 0.05) is 44.5 Å². The number of phosphoric acid groups is 1. The molecule has 1 spiro atoms. The quantitative estimate of drug-likeness (QED) is 0.0286. The van der Waals surface area contributed by atoms with Gasteiger partial charge >= 0.3 is 42.9 Å². The molecular weight excluding hydrogens is 1760 g/mol. The van der Waals surface area contributed by atoms with E-state index in [1.807, 2.05) is 56.3 Å². The first-order chi connectivity index (χ1) is 61.9. The Hall–Kier alpha value is -7.94. The number of hydrogen-bond donors (Lipinski definition) is 0. The van der Waals surface area contributed by atoms with Gasteiger partial charge < -0.3 is 36.8 Å². The standard InChI is InChI=1S/C64H88O12P2.C52H71O5P/c1-56(2,3)33-60(13,14)40-21-25-48-44(29-40)52(54(65)71-48)46-31-42(62(17,18)35-58(7,8)9)23-27-50(46)73-77-68-37-64(38-69-77)39-70-78(67,76-75-64)74-51-28-24-43(63(19,20)36-59(10,11)12)32-47(51)53-45-30-41(22-26-49(45)72-55(53)66)61(15,16)34-57(4,5)6;1-31-25-33(43-37-27-36(49(9,10)11)30-40(52(18,19)20)45(37)54-46(43)53)26-32(2)44(31)57-58(55-41-23-21-34(47(3,4)5)28-38(41)50(12,13)14)56-42-24-22-35(48(6,7)8)29-39(42)51(15,16)17/h21-32,52-53H,33-39H2,1-20H3;21-30,43H,1-20H3. The third kappa shape index (κ3) is 25.0. The van der Waals surface area contributed by atoms with Gasteiger partial charge in [-0.05, 0) is 207 Å². The maximum absolute atomic E-state index is 14.6. The highest BCUT2D eigenvalue weighted by atomic mass is 31.2. The van der Waals surface area contributed by atoms with E-state index in [-0.39, 0.29) is 113 Å². The molecule has 136 heavy (non-hydrogen) atoms. The number of phosphoric ester groups is 1. The molecule has 0 N–H and O–H groups in total. The Morgan fingerprint density at radius 1 is 0.353 bits per heavy atom. The summed E-state index contributed by atoms with van der Waals surface area (Å²) < 4.78 is 90.5. The molecule has 0 radical (unpaired) electrons. The third-order valence-electron chi connectivity index (χ3n) is 26.4. The van der Waals surface area contributed by atoms with Crippen LogP contribution in [0.5, 0.6) is 46.0 Å². The van der Waals surface area contributed by atoms with Crippen molar-refractivity contribution in [2.75, 3.05) is 19.8 Å². The van der Waals surface area contributed by atoms with Gasteiger partial charge in [-0.3, -0.25) is 28.0 Å². The number of benzene rings is 8. The smallest absolute Gasteiger partial charge is 0.426 e. The lowest BCUT2D eigenvalue weighted by Gasteiger charge is -2.40. The minimum Gasteiger partial charge on any atom is -0.426 e. The first-order valence-electron chi connectivity index (χ1n) is 48.6. The number of fused-ring (bicyclic) bond motifs is 3. The van der Waals surface area contributed by atoms with E-state index in [1.165, 1.54) is 16.7 Å². The molecule has 0 amide bonds. The highest BCUT2D eigenvalue weighted by molar-refractivity contribution is 7.48. The van der Waals surface area contributed by atoms with Crippen LogP contribution in [-0.4, -0.2) is 43.3 Å². The van der Waals surface area contributed by atoms with Crippen molar-refractivity contribution < 1.29 is 78.9 Å². The molecule has 17 nitrogen and oxygen atoms in total. The van der Waals surface area contributed by atoms with Crippen molar-refractivity contribution in [3.63, 3.8) is 0 Å². The lowest BCUT2D eigenvalue weighted by molar-refractivity contribution is -0.349. The van der Waals surface area contributed by atoms with Gasteiger partial charge in [0.2, 0.25) is 0 Å². The molecule has 5 aliphatic heterocycles. The summed E-state index contributed by atoms with van der Waals surface area (Å²) in [4.78, 5) is 48.0. The molecule has 0 aliphatic carbocycles. The fourth-order valence-electron chi connectivity index (χ4n) is 20.7. The molecule has 2 saturated heterocycles. The topological polar surface area (TPSA) is 188 Å². The number of aryl methyl sites for hydroxylation is 2. The zero-order chi connectivity index (χ0) is 101. The van der Waals surface area contributed by atoms with Gasteiger partial charge in [-0.1, -0.05) is 360 Å². The zero-order valence-corrected chi connectivity index (χ0v) is 92.3. The number of hydrogen-bond acceptors (Lipinski definition) is 17. The Balaban J connectivity index is 0.000000256. The second-order valence-corrected chi connectivity index (χ2v) is 56.5.